The van der Waals surface area contributed by atoms with Gasteiger partial charge in [0.05, 0.1) is 11.9 Å². The lowest BCUT2D eigenvalue weighted by Crippen LogP contribution is -2.44. The first-order chi connectivity index (χ1) is 20.1. The van der Waals surface area contributed by atoms with E-state index in [9.17, 15) is 30.7 Å². The third kappa shape index (κ3) is 9.16. The van der Waals surface area contributed by atoms with Crippen molar-refractivity contribution in [1.29, 1.82) is 0 Å². The highest BCUT2D eigenvalue weighted by atomic mass is 19.4. The number of nitrogens with zero attached hydrogens (tertiary/aromatic N) is 4. The van der Waals surface area contributed by atoms with E-state index in [0.717, 1.165) is 48.6 Å². The van der Waals surface area contributed by atoms with E-state index in [4.69, 9.17) is 19.8 Å². The molecule has 1 fully saturated rings. The molecule has 1 aliphatic rings. The lowest BCUT2D eigenvalue weighted by Gasteiger charge is -2.34. The number of carboxylic acid groups (broad SMARTS) is 2. The highest BCUT2D eigenvalue weighted by Crippen LogP contribution is 2.27. The SMILES string of the molecule is CN1CCN(c2ccc(-c3ccn4c(-c5ccc(F)cc5)cnc4c3)cc2)CC1.O=C(O)C(F)(F)F.O=C(O)C(F)(F)F. The first-order valence-electron chi connectivity index (χ1n) is 12.4. The summed E-state index contributed by atoms with van der Waals surface area (Å²) in [7, 11) is 2.17. The van der Waals surface area contributed by atoms with Crippen LogP contribution in [0.5, 0.6) is 0 Å². The molecule has 1 saturated heterocycles. The van der Waals surface area contributed by atoms with E-state index in [0.29, 0.717) is 0 Å². The molecule has 0 spiro atoms. The second-order valence-corrected chi connectivity index (χ2v) is 9.24. The average Bonchev–Trinajstić information content (AvgIpc) is 3.37. The van der Waals surface area contributed by atoms with Gasteiger partial charge in [-0.05, 0) is 66.7 Å². The minimum atomic E-state index is -5.08. The average molecular weight is 615 g/mol. The topological polar surface area (TPSA) is 98.4 Å². The summed E-state index contributed by atoms with van der Waals surface area (Å²) in [4.78, 5) is 27.2. The van der Waals surface area contributed by atoms with Crippen molar-refractivity contribution in [2.24, 2.45) is 0 Å². The fraction of sp³-hybridized carbons (Fsp3) is 0.250. The number of anilines is 1. The number of hydrogen-bond donors (Lipinski definition) is 2. The molecule has 1 aliphatic heterocycles. The summed E-state index contributed by atoms with van der Waals surface area (Å²) in [6.45, 7) is 4.35. The predicted octanol–water partition coefficient (Wildman–Crippen LogP) is 5.83. The molecule has 0 aliphatic carbocycles. The number of hydrogen-bond acceptors (Lipinski definition) is 5. The van der Waals surface area contributed by atoms with Crippen molar-refractivity contribution >= 4 is 23.3 Å². The molecule has 3 heterocycles. The molecule has 5 rings (SSSR count). The van der Waals surface area contributed by atoms with Crippen LogP contribution < -0.4 is 4.90 Å². The van der Waals surface area contributed by atoms with Gasteiger partial charge >= 0.3 is 24.3 Å². The zero-order valence-corrected chi connectivity index (χ0v) is 22.4. The van der Waals surface area contributed by atoms with Crippen LogP contribution in [0.4, 0.5) is 36.4 Å². The molecule has 15 heteroatoms. The molecule has 0 amide bonds. The zero-order valence-electron chi connectivity index (χ0n) is 22.4. The first kappa shape index (κ1) is 32.8. The number of aliphatic carboxylic acids is 2. The fourth-order valence-corrected chi connectivity index (χ4v) is 3.92. The van der Waals surface area contributed by atoms with Crippen molar-refractivity contribution in [3.8, 4) is 22.4 Å². The predicted molar refractivity (Wildman–Crippen MR) is 143 cm³/mol. The number of alkyl halides is 6. The number of imidazole rings is 1. The van der Waals surface area contributed by atoms with E-state index < -0.39 is 24.3 Å². The molecule has 0 atom stereocenters. The number of rotatable bonds is 3. The quantitative estimate of drug-likeness (QED) is 0.281. The number of halogens is 7. The maximum atomic E-state index is 13.2. The summed E-state index contributed by atoms with van der Waals surface area (Å²) in [5, 5.41) is 14.2. The molecule has 4 aromatic rings. The monoisotopic (exact) mass is 614 g/mol. The molecule has 0 radical (unpaired) electrons. The van der Waals surface area contributed by atoms with Crippen molar-refractivity contribution in [3.63, 3.8) is 0 Å². The van der Waals surface area contributed by atoms with Gasteiger partial charge in [0.25, 0.3) is 0 Å². The minimum absolute atomic E-state index is 0.232. The Morgan fingerprint density at radius 3 is 1.72 bits per heavy atom. The van der Waals surface area contributed by atoms with Crippen molar-refractivity contribution in [2.45, 2.75) is 12.4 Å². The van der Waals surface area contributed by atoms with Gasteiger partial charge in [0.1, 0.15) is 11.5 Å². The number of carbonyl (C=O) groups is 2. The Bertz CT molecular complexity index is 1500. The van der Waals surface area contributed by atoms with Gasteiger partial charge in [0, 0.05) is 43.6 Å². The van der Waals surface area contributed by atoms with Crippen LogP contribution in [0.25, 0.3) is 28.0 Å². The second-order valence-electron chi connectivity index (χ2n) is 9.24. The highest BCUT2D eigenvalue weighted by Gasteiger charge is 2.38. The molecular weight excluding hydrogens is 589 g/mol. The van der Waals surface area contributed by atoms with E-state index in [1.165, 1.54) is 23.4 Å². The summed E-state index contributed by atoms with van der Waals surface area (Å²) in [6.07, 6.45) is -6.30. The number of likely N-dealkylation sites (N-methyl/N-ethyl adjacent to an activating group) is 1. The molecule has 0 saturated carbocycles. The van der Waals surface area contributed by atoms with Gasteiger partial charge < -0.3 is 20.0 Å². The van der Waals surface area contributed by atoms with Gasteiger partial charge in [-0.3, -0.25) is 4.40 Å². The molecule has 2 N–H and O–H groups in total. The largest absolute Gasteiger partial charge is 0.490 e. The Morgan fingerprint density at radius 2 is 1.23 bits per heavy atom. The molecule has 230 valence electrons. The lowest BCUT2D eigenvalue weighted by molar-refractivity contribution is -0.193. The van der Waals surface area contributed by atoms with Gasteiger partial charge in [-0.25, -0.2) is 19.0 Å². The molecule has 0 bridgehead atoms. The minimum Gasteiger partial charge on any atom is -0.475 e. The van der Waals surface area contributed by atoms with Gasteiger partial charge in [-0.1, -0.05) is 12.1 Å². The smallest absolute Gasteiger partial charge is 0.475 e. The molecular formula is C28H25F7N4O4. The Morgan fingerprint density at radius 1 is 0.744 bits per heavy atom. The fourth-order valence-electron chi connectivity index (χ4n) is 3.92. The third-order valence-corrected chi connectivity index (χ3v) is 6.21. The Labute approximate surface area is 240 Å². The van der Waals surface area contributed by atoms with Crippen LogP contribution in [0.2, 0.25) is 0 Å². The van der Waals surface area contributed by atoms with Gasteiger partial charge in [0.2, 0.25) is 0 Å². The van der Waals surface area contributed by atoms with Crippen molar-refractivity contribution in [3.05, 3.63) is 78.9 Å². The number of benzene rings is 2. The van der Waals surface area contributed by atoms with Crippen molar-refractivity contribution in [1.82, 2.24) is 14.3 Å². The Hall–Kier alpha value is -4.66. The maximum Gasteiger partial charge on any atom is 0.490 e. The van der Waals surface area contributed by atoms with E-state index >= 15 is 0 Å². The van der Waals surface area contributed by atoms with Crippen LogP contribution in [-0.2, 0) is 9.59 Å². The summed E-state index contributed by atoms with van der Waals surface area (Å²) >= 11 is 0. The number of pyridine rings is 1. The van der Waals surface area contributed by atoms with E-state index in [1.54, 1.807) is 12.1 Å². The van der Waals surface area contributed by atoms with Crippen molar-refractivity contribution in [2.75, 3.05) is 38.1 Å². The second kappa shape index (κ2) is 13.5. The van der Waals surface area contributed by atoms with Crippen molar-refractivity contribution < 1.29 is 50.5 Å². The highest BCUT2D eigenvalue weighted by molar-refractivity contribution is 5.74. The van der Waals surface area contributed by atoms with Gasteiger partial charge in [-0.15, -0.1) is 0 Å². The van der Waals surface area contributed by atoms with Gasteiger partial charge in [-0.2, -0.15) is 26.3 Å². The number of carboxylic acids is 2. The first-order valence-corrected chi connectivity index (χ1v) is 12.4. The van der Waals surface area contributed by atoms with E-state index in [1.807, 2.05) is 16.8 Å². The normalized spacial score (nSPS) is 13.9. The van der Waals surface area contributed by atoms with E-state index in [-0.39, 0.29) is 5.82 Å². The van der Waals surface area contributed by atoms with E-state index in [2.05, 4.69) is 58.2 Å². The molecule has 2 aromatic heterocycles. The maximum absolute atomic E-state index is 13.2. The molecule has 0 unspecified atom stereocenters. The van der Waals surface area contributed by atoms with Crippen LogP contribution in [0.1, 0.15) is 0 Å². The molecule has 8 nitrogen and oxygen atoms in total. The summed E-state index contributed by atoms with van der Waals surface area (Å²) in [6, 6.07) is 19.5. The Kier molecular flexibility index (Phi) is 10.3. The zero-order chi connectivity index (χ0) is 31.9. The standard InChI is InChI=1S/C24H23FN4.2C2HF3O2/c1-27-12-14-28(15-13-27)22-8-4-18(5-9-22)20-10-11-29-23(17-26-24(29)16-20)19-2-6-21(25)7-3-19;2*3-2(4,5)1(6)7/h2-11,16-17H,12-15H2,1H3;2*(H,6,7). The van der Waals surface area contributed by atoms with Crippen LogP contribution >= 0.6 is 0 Å². The summed E-state index contributed by atoms with van der Waals surface area (Å²) in [5.41, 5.74) is 6.38. The number of fused-ring (bicyclic) bond motifs is 1. The van der Waals surface area contributed by atoms with Crippen LogP contribution in [0.3, 0.4) is 0 Å². The lowest BCUT2D eigenvalue weighted by atomic mass is 10.1. The number of piperazine rings is 1. The summed E-state index contributed by atoms with van der Waals surface area (Å²) < 4.78 is 78.7. The Balaban J connectivity index is 0.000000303. The molecule has 2 aromatic carbocycles. The van der Waals surface area contributed by atoms with Gasteiger partial charge in [0.15, 0.2) is 0 Å². The van der Waals surface area contributed by atoms with Crippen LogP contribution in [0.15, 0.2) is 73.1 Å². The number of aromatic nitrogens is 2. The summed E-state index contributed by atoms with van der Waals surface area (Å²) in [5.74, 6) is -5.75. The third-order valence-electron chi connectivity index (χ3n) is 6.21. The van der Waals surface area contributed by atoms with Crippen LogP contribution in [0, 0.1) is 5.82 Å². The molecule has 43 heavy (non-hydrogen) atoms. The van der Waals surface area contributed by atoms with Crippen LogP contribution in [-0.4, -0.2) is 82.0 Å².